The molecule has 0 N–H and O–H groups in total. The van der Waals surface area contributed by atoms with Gasteiger partial charge in [0.25, 0.3) is 0 Å². The number of hydrogen-bond acceptors (Lipinski definition) is 6. The van der Waals surface area contributed by atoms with Crippen LogP contribution in [0.2, 0.25) is 0 Å². The summed E-state index contributed by atoms with van der Waals surface area (Å²) in [6.07, 6.45) is 89.3. The van der Waals surface area contributed by atoms with Gasteiger partial charge in [0, 0.05) is 19.3 Å². The Bertz CT molecular complexity index is 1340. The molecule has 0 aliphatic rings. The molecule has 0 heterocycles. The van der Waals surface area contributed by atoms with Crippen molar-refractivity contribution in [2.75, 3.05) is 13.2 Å². The van der Waals surface area contributed by atoms with Crippen LogP contribution >= 0.6 is 0 Å². The summed E-state index contributed by atoms with van der Waals surface area (Å²) < 4.78 is 17.1. The van der Waals surface area contributed by atoms with Crippen molar-refractivity contribution >= 4 is 17.9 Å². The van der Waals surface area contributed by atoms with Crippen molar-refractivity contribution in [1.29, 1.82) is 0 Å². The Kier molecular flexibility index (Phi) is 70.5. The van der Waals surface area contributed by atoms with E-state index in [4.69, 9.17) is 14.2 Å². The van der Waals surface area contributed by atoms with Gasteiger partial charge < -0.3 is 14.2 Å². The highest BCUT2D eigenvalue weighted by atomic mass is 16.6. The minimum atomic E-state index is -0.770. The van der Waals surface area contributed by atoms with Crippen molar-refractivity contribution in [2.45, 2.75) is 438 Å². The number of allylic oxidation sites excluding steroid dienone is 4. The van der Waals surface area contributed by atoms with Gasteiger partial charge in [-0.1, -0.05) is 385 Å². The number of hydrogen-bond donors (Lipinski definition) is 0. The Labute approximate surface area is 519 Å². The first kappa shape index (κ1) is 80.9. The van der Waals surface area contributed by atoms with E-state index in [1.807, 2.05) is 0 Å². The second-order valence-corrected chi connectivity index (χ2v) is 25.9. The fourth-order valence-corrected chi connectivity index (χ4v) is 11.8. The summed E-state index contributed by atoms with van der Waals surface area (Å²) in [4.78, 5) is 38.6. The first-order valence-electron chi connectivity index (χ1n) is 37.8. The summed E-state index contributed by atoms with van der Waals surface area (Å²) in [5, 5.41) is 0. The maximum atomic E-state index is 13.0. The maximum Gasteiger partial charge on any atom is 0.306 e. The molecule has 0 aliphatic carbocycles. The fourth-order valence-electron chi connectivity index (χ4n) is 11.8. The van der Waals surface area contributed by atoms with Crippen molar-refractivity contribution < 1.29 is 28.6 Å². The van der Waals surface area contributed by atoms with Crippen LogP contribution in [0.5, 0.6) is 0 Å². The summed E-state index contributed by atoms with van der Waals surface area (Å²) >= 11 is 0. The number of esters is 3. The molecule has 490 valence electrons. The van der Waals surface area contributed by atoms with E-state index >= 15 is 0 Å². The molecule has 0 rings (SSSR count). The molecular formula is C77H146O6. The molecule has 0 saturated heterocycles. The fraction of sp³-hybridized carbons (Fsp3) is 0.909. The van der Waals surface area contributed by atoms with E-state index in [9.17, 15) is 14.4 Å². The van der Waals surface area contributed by atoms with Crippen LogP contribution in [0.3, 0.4) is 0 Å². The summed E-state index contributed by atoms with van der Waals surface area (Å²) in [7, 11) is 0. The second-order valence-electron chi connectivity index (χ2n) is 25.9. The lowest BCUT2D eigenvalue weighted by Crippen LogP contribution is -2.30. The molecule has 83 heavy (non-hydrogen) atoms. The zero-order valence-electron chi connectivity index (χ0n) is 56.5. The van der Waals surface area contributed by atoms with Gasteiger partial charge in [-0.05, 0) is 51.4 Å². The van der Waals surface area contributed by atoms with Gasteiger partial charge in [-0.2, -0.15) is 0 Å². The van der Waals surface area contributed by atoms with Gasteiger partial charge in [-0.25, -0.2) is 0 Å². The van der Waals surface area contributed by atoms with Crippen LogP contribution in [0.4, 0.5) is 0 Å². The Morgan fingerprint density at radius 2 is 0.434 bits per heavy atom. The smallest absolute Gasteiger partial charge is 0.306 e. The molecule has 0 aliphatic heterocycles. The average Bonchev–Trinajstić information content (AvgIpc) is 3.49. The zero-order valence-corrected chi connectivity index (χ0v) is 56.5. The molecule has 0 fully saturated rings. The van der Waals surface area contributed by atoms with Gasteiger partial charge in [0.15, 0.2) is 6.10 Å². The zero-order chi connectivity index (χ0) is 59.9. The highest BCUT2D eigenvalue weighted by Gasteiger charge is 2.20. The van der Waals surface area contributed by atoms with Gasteiger partial charge in [0.05, 0.1) is 0 Å². The normalized spacial score (nSPS) is 12.1. The summed E-state index contributed by atoms with van der Waals surface area (Å²) in [6, 6.07) is 0. The van der Waals surface area contributed by atoms with E-state index in [2.05, 4.69) is 45.1 Å². The van der Waals surface area contributed by atoms with Gasteiger partial charge >= 0.3 is 17.9 Å². The molecule has 1 atom stereocenters. The molecule has 0 aromatic carbocycles. The standard InChI is InChI=1S/C77H146O6/c1-4-7-10-13-16-19-22-25-28-31-34-37-39-41-43-46-49-52-55-58-61-64-67-70-76(79)82-73-74(72-81-75(78)69-66-63-60-57-54-51-48-45-42-36-33-30-27-24-21-18-15-12-9-6-3)83-77(80)71-68-65-62-59-56-53-50-47-44-40-38-35-32-29-26-23-20-17-14-11-8-5-2/h22,25,31,34,74H,4-21,23-24,26-30,32-33,35-73H2,1-3H3/b25-22-,34-31-. The van der Waals surface area contributed by atoms with E-state index in [-0.39, 0.29) is 31.1 Å². The number of unbranched alkanes of at least 4 members (excludes halogenated alkanes) is 56. The maximum absolute atomic E-state index is 13.0. The van der Waals surface area contributed by atoms with Crippen LogP contribution in [0.1, 0.15) is 432 Å². The molecule has 0 aromatic rings. The van der Waals surface area contributed by atoms with E-state index < -0.39 is 6.10 Å². The molecular weight excluding hydrogens is 1020 g/mol. The SMILES string of the molecule is CCCCCCC/C=C\C/C=C\CCCCCCCCCCCCCC(=O)OCC(COC(=O)CCCCCCCCCCCCCCCCCCCCCC)OC(=O)CCCCCCCCCCCCCCCCCCCCCCCC. The molecule has 1 unspecified atom stereocenters. The predicted molar refractivity (Wildman–Crippen MR) is 363 cm³/mol. The van der Waals surface area contributed by atoms with Crippen molar-refractivity contribution in [3.8, 4) is 0 Å². The van der Waals surface area contributed by atoms with E-state index in [0.717, 1.165) is 64.2 Å². The largest absolute Gasteiger partial charge is 0.462 e. The number of carbonyl (C=O) groups is 3. The summed E-state index contributed by atoms with van der Waals surface area (Å²) in [6.45, 7) is 6.73. The number of ether oxygens (including phenoxy) is 3. The monoisotopic (exact) mass is 1170 g/mol. The van der Waals surface area contributed by atoms with Crippen LogP contribution in [0.15, 0.2) is 24.3 Å². The third-order valence-corrected chi connectivity index (χ3v) is 17.5. The molecule has 0 bridgehead atoms. The topological polar surface area (TPSA) is 78.9 Å². The molecule has 0 saturated carbocycles. The predicted octanol–water partition coefficient (Wildman–Crippen LogP) is 26.1. The van der Waals surface area contributed by atoms with Crippen molar-refractivity contribution in [1.82, 2.24) is 0 Å². The van der Waals surface area contributed by atoms with E-state index in [1.54, 1.807) is 0 Å². The minimum absolute atomic E-state index is 0.0643. The Morgan fingerprint density at radius 3 is 0.663 bits per heavy atom. The molecule has 0 aromatic heterocycles. The second kappa shape index (κ2) is 72.4. The minimum Gasteiger partial charge on any atom is -0.462 e. The lowest BCUT2D eigenvalue weighted by Gasteiger charge is -2.18. The van der Waals surface area contributed by atoms with Crippen molar-refractivity contribution in [3.05, 3.63) is 24.3 Å². The van der Waals surface area contributed by atoms with Crippen molar-refractivity contribution in [2.24, 2.45) is 0 Å². The molecule has 0 amide bonds. The first-order chi connectivity index (χ1) is 41.0. The van der Waals surface area contributed by atoms with Crippen LogP contribution in [0, 0.1) is 0 Å². The van der Waals surface area contributed by atoms with Gasteiger partial charge in [-0.3, -0.25) is 14.4 Å². The molecule has 6 nitrogen and oxygen atoms in total. The average molecular weight is 1170 g/mol. The Hall–Kier alpha value is -2.11. The highest BCUT2D eigenvalue weighted by Crippen LogP contribution is 2.19. The lowest BCUT2D eigenvalue weighted by molar-refractivity contribution is -0.167. The van der Waals surface area contributed by atoms with Gasteiger partial charge in [0.2, 0.25) is 0 Å². The molecule has 0 spiro atoms. The Balaban J connectivity index is 4.29. The van der Waals surface area contributed by atoms with E-state index in [0.29, 0.717) is 19.3 Å². The number of rotatable bonds is 71. The summed E-state index contributed by atoms with van der Waals surface area (Å²) in [5.41, 5.74) is 0. The quantitative estimate of drug-likeness (QED) is 0.0261. The van der Waals surface area contributed by atoms with Gasteiger partial charge in [0.1, 0.15) is 13.2 Å². The van der Waals surface area contributed by atoms with Crippen molar-refractivity contribution in [3.63, 3.8) is 0 Å². The van der Waals surface area contributed by atoms with E-state index in [1.165, 1.54) is 327 Å². The highest BCUT2D eigenvalue weighted by molar-refractivity contribution is 5.71. The third kappa shape index (κ3) is 70.5. The first-order valence-corrected chi connectivity index (χ1v) is 37.8. The van der Waals surface area contributed by atoms with Crippen LogP contribution in [-0.4, -0.2) is 37.2 Å². The van der Waals surface area contributed by atoms with Gasteiger partial charge in [-0.15, -0.1) is 0 Å². The molecule has 0 radical (unpaired) electrons. The lowest BCUT2D eigenvalue weighted by atomic mass is 10.0. The number of carbonyl (C=O) groups excluding carboxylic acids is 3. The van der Waals surface area contributed by atoms with Crippen LogP contribution in [0.25, 0.3) is 0 Å². The molecule has 6 heteroatoms. The van der Waals surface area contributed by atoms with Crippen LogP contribution < -0.4 is 0 Å². The Morgan fingerprint density at radius 1 is 0.241 bits per heavy atom. The third-order valence-electron chi connectivity index (χ3n) is 17.5. The summed E-state index contributed by atoms with van der Waals surface area (Å²) in [5.74, 6) is -0.827. The van der Waals surface area contributed by atoms with Crippen LogP contribution in [-0.2, 0) is 28.6 Å².